The van der Waals surface area contributed by atoms with Crippen molar-refractivity contribution >= 4 is 40.2 Å². The Hall–Kier alpha value is -3.67. The molecule has 0 saturated carbocycles. The van der Waals surface area contributed by atoms with E-state index in [2.05, 4.69) is 34.6 Å². The fraction of sp³-hybridized carbons (Fsp3) is 0.240. The van der Waals surface area contributed by atoms with E-state index in [9.17, 15) is 9.59 Å². The highest BCUT2D eigenvalue weighted by atomic mass is 16.2. The number of carbonyl (C=O) groups is 2. The average molecular weight is 417 g/mol. The van der Waals surface area contributed by atoms with Crippen molar-refractivity contribution in [3.8, 4) is 0 Å². The van der Waals surface area contributed by atoms with Crippen LogP contribution in [0.2, 0.25) is 0 Å². The van der Waals surface area contributed by atoms with E-state index < -0.39 is 0 Å². The summed E-state index contributed by atoms with van der Waals surface area (Å²) in [5, 5.41) is 8.90. The highest BCUT2D eigenvalue weighted by Crippen LogP contribution is 2.23. The second kappa shape index (κ2) is 10.9. The van der Waals surface area contributed by atoms with E-state index in [0.29, 0.717) is 0 Å². The second-order valence-electron chi connectivity index (χ2n) is 7.13. The minimum absolute atomic E-state index is 0.0643. The third-order valence-electron chi connectivity index (χ3n) is 5.07. The molecular weight excluding hydrogens is 388 g/mol. The fourth-order valence-electron chi connectivity index (χ4n) is 3.37. The maximum Gasteiger partial charge on any atom is 0.240 e. The zero-order valence-electron chi connectivity index (χ0n) is 18.0. The number of anilines is 2. The minimum atomic E-state index is -0.302. The van der Waals surface area contributed by atoms with Gasteiger partial charge in [0.1, 0.15) is 0 Å². The molecule has 2 N–H and O–H groups in total. The third kappa shape index (κ3) is 6.15. The molecule has 0 atom stereocenters. The van der Waals surface area contributed by atoms with Crippen LogP contribution in [0.25, 0.3) is 10.8 Å². The summed E-state index contributed by atoms with van der Waals surface area (Å²) in [5.41, 5.74) is 5.27. The summed E-state index contributed by atoms with van der Waals surface area (Å²) in [6, 6.07) is 21.6. The SMILES string of the molecule is CCN(CC)c1ccc(/C=N\NC(=O)CCC(=O)Nc2cccc3ccccc23)cc1. The molecule has 6 heteroatoms. The Morgan fingerprint density at radius 2 is 1.55 bits per heavy atom. The normalized spacial score (nSPS) is 10.9. The van der Waals surface area contributed by atoms with Gasteiger partial charge >= 0.3 is 0 Å². The van der Waals surface area contributed by atoms with Gasteiger partial charge in [0.15, 0.2) is 0 Å². The lowest BCUT2D eigenvalue weighted by Gasteiger charge is -2.20. The molecule has 3 rings (SSSR count). The van der Waals surface area contributed by atoms with Gasteiger partial charge in [-0.15, -0.1) is 0 Å². The predicted octanol–water partition coefficient (Wildman–Crippen LogP) is 4.56. The van der Waals surface area contributed by atoms with Crippen LogP contribution in [-0.4, -0.2) is 31.1 Å². The Labute approximate surface area is 183 Å². The smallest absolute Gasteiger partial charge is 0.240 e. The van der Waals surface area contributed by atoms with Gasteiger partial charge in [-0.25, -0.2) is 5.43 Å². The van der Waals surface area contributed by atoms with Crippen LogP contribution in [0, 0.1) is 0 Å². The lowest BCUT2D eigenvalue weighted by molar-refractivity contribution is -0.124. The molecular formula is C25H28N4O2. The molecule has 3 aromatic rings. The first-order valence-corrected chi connectivity index (χ1v) is 10.5. The lowest BCUT2D eigenvalue weighted by atomic mass is 10.1. The first-order chi connectivity index (χ1) is 15.1. The molecule has 3 aromatic carbocycles. The lowest BCUT2D eigenvalue weighted by Crippen LogP contribution is -2.21. The largest absolute Gasteiger partial charge is 0.372 e. The number of hydrazone groups is 1. The van der Waals surface area contributed by atoms with Crippen molar-refractivity contribution in [2.75, 3.05) is 23.3 Å². The molecule has 0 unspecified atom stereocenters. The quantitative estimate of drug-likeness (QED) is 0.397. The molecule has 31 heavy (non-hydrogen) atoms. The highest BCUT2D eigenvalue weighted by molar-refractivity contribution is 6.02. The maximum atomic E-state index is 12.3. The van der Waals surface area contributed by atoms with Crippen molar-refractivity contribution in [3.63, 3.8) is 0 Å². The monoisotopic (exact) mass is 416 g/mol. The van der Waals surface area contributed by atoms with E-state index in [0.717, 1.165) is 40.8 Å². The van der Waals surface area contributed by atoms with Crippen molar-refractivity contribution < 1.29 is 9.59 Å². The number of hydrogen-bond donors (Lipinski definition) is 2. The summed E-state index contributed by atoms with van der Waals surface area (Å²) in [7, 11) is 0. The zero-order chi connectivity index (χ0) is 22.1. The number of amides is 2. The summed E-state index contributed by atoms with van der Waals surface area (Å²) in [6.07, 6.45) is 1.75. The molecule has 0 spiro atoms. The van der Waals surface area contributed by atoms with Crippen LogP contribution in [0.5, 0.6) is 0 Å². The van der Waals surface area contributed by atoms with Crippen LogP contribution in [-0.2, 0) is 9.59 Å². The fourth-order valence-corrected chi connectivity index (χ4v) is 3.37. The summed E-state index contributed by atoms with van der Waals surface area (Å²) >= 11 is 0. The van der Waals surface area contributed by atoms with Crippen LogP contribution in [0.1, 0.15) is 32.3 Å². The third-order valence-corrected chi connectivity index (χ3v) is 5.07. The van der Waals surface area contributed by atoms with E-state index in [1.807, 2.05) is 66.7 Å². The number of hydrogen-bond acceptors (Lipinski definition) is 4. The number of rotatable bonds is 9. The van der Waals surface area contributed by atoms with Gasteiger partial charge in [0, 0.05) is 42.7 Å². The summed E-state index contributed by atoms with van der Waals surface area (Å²) in [4.78, 5) is 26.5. The number of benzene rings is 3. The van der Waals surface area contributed by atoms with Gasteiger partial charge in [-0.1, -0.05) is 48.5 Å². The molecule has 0 aliphatic carbocycles. The molecule has 0 saturated heterocycles. The van der Waals surface area contributed by atoms with E-state index in [1.54, 1.807) is 6.21 Å². The molecule has 160 valence electrons. The van der Waals surface area contributed by atoms with E-state index >= 15 is 0 Å². The number of fused-ring (bicyclic) bond motifs is 1. The number of nitrogens with zero attached hydrogens (tertiary/aromatic N) is 2. The second-order valence-corrected chi connectivity index (χ2v) is 7.13. The summed E-state index contributed by atoms with van der Waals surface area (Å²) < 4.78 is 0. The topological polar surface area (TPSA) is 73.8 Å². The standard InChI is InChI=1S/C25H28N4O2/c1-3-29(4-2)21-14-12-19(13-15-21)18-26-28-25(31)17-16-24(30)27-23-11-7-9-20-8-5-6-10-22(20)23/h5-15,18H,3-4,16-17H2,1-2H3,(H,27,30)(H,28,31)/b26-18-. The first kappa shape index (κ1) is 22.0. The van der Waals surface area contributed by atoms with Crippen LogP contribution in [0.3, 0.4) is 0 Å². The average Bonchev–Trinajstić information content (AvgIpc) is 2.80. The Bertz CT molecular complexity index is 1050. The Morgan fingerprint density at radius 3 is 2.29 bits per heavy atom. The number of carbonyl (C=O) groups excluding carboxylic acids is 2. The molecule has 0 bridgehead atoms. The Kier molecular flexibility index (Phi) is 7.76. The van der Waals surface area contributed by atoms with Gasteiger partial charge in [0.2, 0.25) is 11.8 Å². The van der Waals surface area contributed by atoms with Crippen molar-refractivity contribution in [1.82, 2.24) is 5.43 Å². The van der Waals surface area contributed by atoms with E-state index in [4.69, 9.17) is 0 Å². The molecule has 0 fully saturated rings. The van der Waals surface area contributed by atoms with Crippen LogP contribution in [0.15, 0.2) is 71.8 Å². The van der Waals surface area contributed by atoms with Gasteiger partial charge in [-0.05, 0) is 43.0 Å². The Morgan fingerprint density at radius 1 is 0.871 bits per heavy atom. The minimum Gasteiger partial charge on any atom is -0.372 e. The molecule has 2 amide bonds. The predicted molar refractivity (Wildman–Crippen MR) is 128 cm³/mol. The molecule has 6 nitrogen and oxygen atoms in total. The van der Waals surface area contributed by atoms with Crippen LogP contribution in [0.4, 0.5) is 11.4 Å². The molecule has 0 aliphatic heterocycles. The van der Waals surface area contributed by atoms with Crippen LogP contribution < -0.4 is 15.6 Å². The van der Waals surface area contributed by atoms with Crippen molar-refractivity contribution in [3.05, 3.63) is 72.3 Å². The van der Waals surface area contributed by atoms with Gasteiger partial charge in [0.25, 0.3) is 0 Å². The highest BCUT2D eigenvalue weighted by Gasteiger charge is 2.08. The molecule has 0 aliphatic rings. The molecule has 0 heterocycles. The van der Waals surface area contributed by atoms with Gasteiger partial charge in [-0.2, -0.15) is 5.10 Å². The molecule has 0 aromatic heterocycles. The maximum absolute atomic E-state index is 12.3. The van der Waals surface area contributed by atoms with Gasteiger partial charge < -0.3 is 10.2 Å². The van der Waals surface area contributed by atoms with Crippen molar-refractivity contribution in [2.45, 2.75) is 26.7 Å². The summed E-state index contributed by atoms with van der Waals surface area (Å²) in [6.45, 7) is 6.15. The van der Waals surface area contributed by atoms with Gasteiger partial charge in [-0.3, -0.25) is 9.59 Å². The Balaban J connectivity index is 1.46. The van der Waals surface area contributed by atoms with E-state index in [-0.39, 0.29) is 24.7 Å². The van der Waals surface area contributed by atoms with Crippen molar-refractivity contribution in [2.24, 2.45) is 5.10 Å². The van der Waals surface area contributed by atoms with Crippen LogP contribution >= 0.6 is 0 Å². The first-order valence-electron chi connectivity index (χ1n) is 10.5. The van der Waals surface area contributed by atoms with Gasteiger partial charge in [0.05, 0.1) is 6.21 Å². The van der Waals surface area contributed by atoms with Crippen molar-refractivity contribution in [1.29, 1.82) is 0 Å². The van der Waals surface area contributed by atoms with E-state index in [1.165, 1.54) is 0 Å². The number of nitrogens with one attached hydrogen (secondary N) is 2. The molecule has 0 radical (unpaired) electrons. The zero-order valence-corrected chi connectivity index (χ0v) is 18.0. The summed E-state index contributed by atoms with van der Waals surface area (Å²) in [5.74, 6) is -0.508.